The first kappa shape index (κ1) is 14.1. The van der Waals surface area contributed by atoms with Gasteiger partial charge >= 0.3 is 0 Å². The Morgan fingerprint density at radius 3 is 2.75 bits per heavy atom. The van der Waals surface area contributed by atoms with E-state index in [0.717, 1.165) is 13.0 Å². The Kier molecular flexibility index (Phi) is 4.78. The molecule has 2 rings (SSSR count). The van der Waals surface area contributed by atoms with E-state index in [1.54, 1.807) is 12.1 Å². The predicted octanol–water partition coefficient (Wildman–Crippen LogP) is 0.746. The molecule has 0 aliphatic rings. The van der Waals surface area contributed by atoms with Crippen LogP contribution in [-0.4, -0.2) is 41.0 Å². The van der Waals surface area contributed by atoms with Gasteiger partial charge in [-0.15, -0.1) is 5.10 Å². The van der Waals surface area contributed by atoms with Crippen LogP contribution >= 0.6 is 0 Å². The zero-order valence-electron chi connectivity index (χ0n) is 11.1. The number of benzene rings is 1. The normalized spacial score (nSPS) is 10.5. The van der Waals surface area contributed by atoms with Gasteiger partial charge in [0.1, 0.15) is 5.82 Å². The van der Waals surface area contributed by atoms with Gasteiger partial charge in [0.15, 0.2) is 5.69 Å². The van der Waals surface area contributed by atoms with E-state index in [1.807, 2.05) is 7.05 Å². The van der Waals surface area contributed by atoms with Crippen LogP contribution in [0.3, 0.4) is 0 Å². The highest BCUT2D eigenvalue weighted by atomic mass is 19.1. The lowest BCUT2D eigenvalue weighted by atomic mass is 10.3. The maximum atomic E-state index is 12.8. The van der Waals surface area contributed by atoms with Crippen molar-refractivity contribution in [2.75, 3.05) is 20.1 Å². The van der Waals surface area contributed by atoms with Crippen molar-refractivity contribution in [3.8, 4) is 5.69 Å². The lowest BCUT2D eigenvalue weighted by Crippen LogP contribution is -2.27. The zero-order valence-corrected chi connectivity index (χ0v) is 11.1. The fourth-order valence-corrected chi connectivity index (χ4v) is 1.62. The molecule has 0 aliphatic carbocycles. The van der Waals surface area contributed by atoms with Crippen molar-refractivity contribution in [3.63, 3.8) is 0 Å². The Morgan fingerprint density at radius 1 is 1.30 bits per heavy atom. The summed E-state index contributed by atoms with van der Waals surface area (Å²) in [4.78, 5) is 13.1. The van der Waals surface area contributed by atoms with E-state index in [1.165, 1.54) is 23.1 Å². The Labute approximate surface area is 116 Å². The molecule has 0 saturated heterocycles. The van der Waals surface area contributed by atoms with Gasteiger partial charge in [0.05, 0.1) is 11.9 Å². The second kappa shape index (κ2) is 6.76. The van der Waals surface area contributed by atoms with Crippen molar-refractivity contribution in [2.24, 2.45) is 0 Å². The number of nitrogens with one attached hydrogen (secondary N) is 2. The predicted molar refractivity (Wildman–Crippen MR) is 72.2 cm³/mol. The number of amides is 1. The molecule has 0 aliphatic heterocycles. The molecule has 0 fully saturated rings. The summed E-state index contributed by atoms with van der Waals surface area (Å²) in [6.45, 7) is 1.41. The Hall–Kier alpha value is -2.28. The molecule has 0 spiro atoms. The van der Waals surface area contributed by atoms with Crippen molar-refractivity contribution in [2.45, 2.75) is 6.42 Å². The van der Waals surface area contributed by atoms with Crippen LogP contribution in [0.5, 0.6) is 0 Å². The number of halogens is 1. The van der Waals surface area contributed by atoms with Gasteiger partial charge in [-0.1, -0.05) is 0 Å². The minimum absolute atomic E-state index is 0.235. The Bertz CT molecular complexity index is 566. The highest BCUT2D eigenvalue weighted by molar-refractivity contribution is 5.91. The molecular formula is C13H16FN5O. The van der Waals surface area contributed by atoms with E-state index < -0.39 is 0 Å². The van der Waals surface area contributed by atoms with Gasteiger partial charge in [0.2, 0.25) is 0 Å². The minimum atomic E-state index is -0.330. The number of hydrogen-bond donors (Lipinski definition) is 2. The van der Waals surface area contributed by atoms with Gasteiger partial charge in [-0.05, 0) is 44.3 Å². The Balaban J connectivity index is 1.98. The van der Waals surface area contributed by atoms with Crippen LogP contribution in [0, 0.1) is 5.82 Å². The average molecular weight is 277 g/mol. The highest BCUT2D eigenvalue weighted by Gasteiger charge is 2.10. The fraction of sp³-hybridized carbons (Fsp3) is 0.308. The molecule has 0 radical (unpaired) electrons. The molecular weight excluding hydrogens is 261 g/mol. The summed E-state index contributed by atoms with van der Waals surface area (Å²) in [6.07, 6.45) is 2.23. The molecule has 20 heavy (non-hydrogen) atoms. The molecule has 1 aromatic heterocycles. The molecule has 7 heteroatoms. The molecule has 1 heterocycles. The van der Waals surface area contributed by atoms with Crippen LogP contribution in [0.25, 0.3) is 5.69 Å². The van der Waals surface area contributed by atoms with Crippen LogP contribution in [-0.2, 0) is 0 Å². The molecule has 1 aromatic carbocycles. The molecule has 106 valence electrons. The summed E-state index contributed by atoms with van der Waals surface area (Å²) in [5, 5.41) is 13.8. The molecule has 2 aromatic rings. The fourth-order valence-electron chi connectivity index (χ4n) is 1.62. The molecule has 0 atom stereocenters. The summed E-state index contributed by atoms with van der Waals surface area (Å²) in [5.41, 5.74) is 0.833. The Morgan fingerprint density at radius 2 is 2.05 bits per heavy atom. The van der Waals surface area contributed by atoms with Gasteiger partial charge in [0, 0.05) is 6.54 Å². The third-order valence-electron chi connectivity index (χ3n) is 2.67. The summed E-state index contributed by atoms with van der Waals surface area (Å²) in [6, 6.07) is 5.72. The lowest BCUT2D eigenvalue weighted by molar-refractivity contribution is 0.0948. The molecule has 2 N–H and O–H groups in total. The molecule has 0 bridgehead atoms. The topological polar surface area (TPSA) is 71.8 Å². The summed E-state index contributed by atoms with van der Waals surface area (Å²) in [7, 11) is 1.86. The average Bonchev–Trinajstić information content (AvgIpc) is 2.94. The number of aromatic nitrogens is 3. The van der Waals surface area contributed by atoms with Crippen LogP contribution < -0.4 is 10.6 Å². The summed E-state index contributed by atoms with van der Waals surface area (Å²) >= 11 is 0. The van der Waals surface area contributed by atoms with E-state index >= 15 is 0 Å². The number of carbonyl (C=O) groups is 1. The van der Waals surface area contributed by atoms with Gasteiger partial charge < -0.3 is 10.6 Å². The largest absolute Gasteiger partial charge is 0.351 e. The smallest absolute Gasteiger partial charge is 0.273 e. The number of carbonyl (C=O) groups excluding carboxylic acids is 1. The third-order valence-corrected chi connectivity index (χ3v) is 2.67. The van der Waals surface area contributed by atoms with Crippen molar-refractivity contribution in [1.82, 2.24) is 25.6 Å². The lowest BCUT2D eigenvalue weighted by Gasteiger charge is -2.02. The number of rotatable bonds is 6. The van der Waals surface area contributed by atoms with Crippen molar-refractivity contribution < 1.29 is 9.18 Å². The number of nitrogens with zero attached hydrogens (tertiary/aromatic N) is 3. The van der Waals surface area contributed by atoms with Crippen LogP contribution in [0.4, 0.5) is 4.39 Å². The van der Waals surface area contributed by atoms with Crippen LogP contribution in [0.1, 0.15) is 16.9 Å². The van der Waals surface area contributed by atoms with Gasteiger partial charge in [0.25, 0.3) is 5.91 Å². The van der Waals surface area contributed by atoms with E-state index in [2.05, 4.69) is 20.8 Å². The maximum absolute atomic E-state index is 12.8. The van der Waals surface area contributed by atoms with E-state index in [0.29, 0.717) is 12.2 Å². The maximum Gasteiger partial charge on any atom is 0.273 e. The van der Waals surface area contributed by atoms with E-state index in [-0.39, 0.29) is 17.4 Å². The van der Waals surface area contributed by atoms with Crippen molar-refractivity contribution in [3.05, 3.63) is 42.0 Å². The van der Waals surface area contributed by atoms with Gasteiger partial charge in [-0.2, -0.15) is 9.90 Å². The first-order chi connectivity index (χ1) is 9.70. The van der Waals surface area contributed by atoms with Gasteiger partial charge in [-0.25, -0.2) is 4.39 Å². The van der Waals surface area contributed by atoms with Crippen LogP contribution in [0.2, 0.25) is 0 Å². The third kappa shape index (κ3) is 3.61. The standard InChI is InChI=1S/C13H16FN5O/c1-15-7-2-8-16-13(20)12-9-17-19(18-12)11-5-3-10(14)4-6-11/h3-6,9,15H,2,7-8H2,1H3,(H,16,20). The van der Waals surface area contributed by atoms with E-state index in [4.69, 9.17) is 0 Å². The molecule has 1 amide bonds. The first-order valence-electron chi connectivity index (χ1n) is 6.32. The number of hydrogen-bond acceptors (Lipinski definition) is 4. The minimum Gasteiger partial charge on any atom is -0.351 e. The zero-order chi connectivity index (χ0) is 14.4. The van der Waals surface area contributed by atoms with E-state index in [9.17, 15) is 9.18 Å². The molecule has 0 unspecified atom stereocenters. The second-order valence-corrected chi connectivity index (χ2v) is 4.21. The van der Waals surface area contributed by atoms with Crippen LogP contribution in [0.15, 0.2) is 30.5 Å². The quantitative estimate of drug-likeness (QED) is 0.764. The monoisotopic (exact) mass is 277 g/mol. The highest BCUT2D eigenvalue weighted by Crippen LogP contribution is 2.06. The van der Waals surface area contributed by atoms with Gasteiger partial charge in [-0.3, -0.25) is 4.79 Å². The SMILES string of the molecule is CNCCCNC(=O)c1cnn(-c2ccc(F)cc2)n1. The molecule has 6 nitrogen and oxygen atoms in total. The van der Waals surface area contributed by atoms with Crippen molar-refractivity contribution >= 4 is 5.91 Å². The van der Waals surface area contributed by atoms with Crippen molar-refractivity contribution in [1.29, 1.82) is 0 Å². The second-order valence-electron chi connectivity index (χ2n) is 4.21. The summed E-state index contributed by atoms with van der Waals surface area (Å²) in [5.74, 6) is -0.599. The summed E-state index contributed by atoms with van der Waals surface area (Å²) < 4.78 is 12.8. The molecule has 0 saturated carbocycles. The first-order valence-corrected chi connectivity index (χ1v) is 6.32.